The zero-order valence-corrected chi connectivity index (χ0v) is 26.9. The Kier molecular flexibility index (Phi) is 18.1. The lowest BCUT2D eigenvalue weighted by atomic mass is 10.1. The SMILES string of the molecule is O=C(O)CC(CNC(=O)C(COCc1ccccc1)N(CCN(CCN(CC(=O)O)CC(=O)O)CC(=O)O)CC(=O)O)N1CCCCC1. The molecule has 1 aliphatic rings. The molecule has 0 aromatic heterocycles. The van der Waals surface area contributed by atoms with Crippen LogP contribution in [0.2, 0.25) is 0 Å². The number of carbonyl (C=O) groups excluding carboxylic acids is 1. The minimum absolute atomic E-state index is 0.00928. The highest BCUT2D eigenvalue weighted by Crippen LogP contribution is 2.15. The molecule has 0 radical (unpaired) electrons. The number of nitrogens with one attached hydrogen (secondary N) is 1. The molecule has 1 aromatic rings. The Bertz CT molecular complexity index is 1180. The van der Waals surface area contributed by atoms with Crippen LogP contribution in [0, 0.1) is 0 Å². The van der Waals surface area contributed by atoms with Gasteiger partial charge in [0.05, 0.1) is 45.8 Å². The summed E-state index contributed by atoms with van der Waals surface area (Å²) in [5.74, 6) is -6.60. The molecular formula is C31H47N5O12. The van der Waals surface area contributed by atoms with Gasteiger partial charge in [-0.2, -0.15) is 0 Å². The van der Waals surface area contributed by atoms with Gasteiger partial charge >= 0.3 is 29.8 Å². The van der Waals surface area contributed by atoms with E-state index < -0.39 is 74.0 Å². The number of piperidine rings is 1. The van der Waals surface area contributed by atoms with Crippen LogP contribution in [0.15, 0.2) is 30.3 Å². The molecule has 6 N–H and O–H groups in total. The maximum Gasteiger partial charge on any atom is 0.317 e. The van der Waals surface area contributed by atoms with E-state index in [1.54, 1.807) is 0 Å². The van der Waals surface area contributed by atoms with Gasteiger partial charge in [0.25, 0.3) is 0 Å². The zero-order valence-electron chi connectivity index (χ0n) is 26.9. The van der Waals surface area contributed by atoms with Gasteiger partial charge in [-0.1, -0.05) is 36.8 Å². The van der Waals surface area contributed by atoms with E-state index in [4.69, 9.17) is 14.9 Å². The van der Waals surface area contributed by atoms with Crippen LogP contribution in [0.4, 0.5) is 0 Å². The summed E-state index contributed by atoms with van der Waals surface area (Å²) in [5.41, 5.74) is 0.813. The Hall–Kier alpha value is -4.16. The number of carboxylic acid groups (broad SMARTS) is 5. The molecule has 1 aliphatic heterocycles. The quantitative estimate of drug-likeness (QED) is 0.0745. The molecule has 17 nitrogen and oxygen atoms in total. The number of hydrogen-bond acceptors (Lipinski definition) is 11. The standard InChI is InChI=1S/C31H47N5O12/c37-26(38)15-24(35-9-5-2-6-10-35)16-32-31(47)25(22-48-21-23-7-3-1-4-8-23)36(20-30(45)46)14-13-33(17-27(39)40)11-12-34(18-28(41)42)19-29(43)44/h1,3-4,7-8,24-25H,2,5-6,9-22H2,(H,32,47)(H,37,38)(H,39,40)(H,41,42)(H,43,44)(H,45,46). The molecular weight excluding hydrogens is 634 g/mol. The Labute approximate surface area is 278 Å². The smallest absolute Gasteiger partial charge is 0.317 e. The molecule has 48 heavy (non-hydrogen) atoms. The van der Waals surface area contributed by atoms with Crippen molar-refractivity contribution in [2.45, 2.75) is 44.4 Å². The average Bonchev–Trinajstić information content (AvgIpc) is 3.01. The van der Waals surface area contributed by atoms with Gasteiger partial charge in [-0.3, -0.25) is 48.4 Å². The summed E-state index contributed by atoms with van der Waals surface area (Å²) in [7, 11) is 0. The lowest BCUT2D eigenvalue weighted by molar-refractivity contribution is -0.143. The number of ether oxygens (including phenoxy) is 1. The van der Waals surface area contributed by atoms with Crippen molar-refractivity contribution < 1.29 is 59.0 Å². The number of benzene rings is 1. The summed E-state index contributed by atoms with van der Waals surface area (Å²) in [6, 6.07) is 7.47. The molecule has 1 amide bonds. The number of amides is 1. The third-order valence-electron chi connectivity index (χ3n) is 7.81. The van der Waals surface area contributed by atoms with Gasteiger partial charge in [0.2, 0.25) is 5.91 Å². The fourth-order valence-electron chi connectivity index (χ4n) is 5.49. The first-order chi connectivity index (χ1) is 22.8. The monoisotopic (exact) mass is 681 g/mol. The first-order valence-electron chi connectivity index (χ1n) is 15.7. The van der Waals surface area contributed by atoms with Gasteiger partial charge in [0.15, 0.2) is 0 Å². The van der Waals surface area contributed by atoms with E-state index in [-0.39, 0.29) is 52.4 Å². The number of likely N-dealkylation sites (tertiary alicyclic amines) is 1. The predicted octanol–water partition coefficient (Wildman–Crippen LogP) is -0.738. The molecule has 0 bridgehead atoms. The molecule has 0 spiro atoms. The lowest BCUT2D eigenvalue weighted by Gasteiger charge is -2.35. The van der Waals surface area contributed by atoms with Crippen molar-refractivity contribution in [1.29, 1.82) is 0 Å². The van der Waals surface area contributed by atoms with Crippen molar-refractivity contribution in [3.63, 3.8) is 0 Å². The summed E-state index contributed by atoms with van der Waals surface area (Å²) in [6.45, 7) is -1.34. The van der Waals surface area contributed by atoms with E-state index in [0.29, 0.717) is 13.1 Å². The second-order valence-corrected chi connectivity index (χ2v) is 11.6. The van der Waals surface area contributed by atoms with Crippen LogP contribution in [0.5, 0.6) is 0 Å². The minimum Gasteiger partial charge on any atom is -0.481 e. The average molecular weight is 682 g/mol. The fourth-order valence-corrected chi connectivity index (χ4v) is 5.49. The van der Waals surface area contributed by atoms with Gasteiger partial charge in [0, 0.05) is 38.8 Å². The van der Waals surface area contributed by atoms with Crippen molar-refractivity contribution >= 4 is 35.8 Å². The van der Waals surface area contributed by atoms with Gasteiger partial charge in [-0.25, -0.2) is 0 Å². The number of hydrogen-bond donors (Lipinski definition) is 6. The van der Waals surface area contributed by atoms with Crippen LogP contribution in [-0.2, 0) is 40.1 Å². The van der Waals surface area contributed by atoms with Crippen molar-refractivity contribution in [3.05, 3.63) is 35.9 Å². The van der Waals surface area contributed by atoms with Crippen molar-refractivity contribution in [3.8, 4) is 0 Å². The number of aliphatic carboxylic acids is 5. The topological polar surface area (TPSA) is 238 Å². The molecule has 1 fully saturated rings. The molecule has 17 heteroatoms. The van der Waals surface area contributed by atoms with Crippen LogP contribution >= 0.6 is 0 Å². The highest BCUT2D eigenvalue weighted by Gasteiger charge is 2.31. The Morgan fingerprint density at radius 2 is 1.25 bits per heavy atom. The summed E-state index contributed by atoms with van der Waals surface area (Å²) >= 11 is 0. The van der Waals surface area contributed by atoms with Crippen molar-refractivity contribution in [2.24, 2.45) is 0 Å². The van der Waals surface area contributed by atoms with E-state index in [2.05, 4.69) is 5.32 Å². The second-order valence-electron chi connectivity index (χ2n) is 11.6. The number of rotatable bonds is 25. The molecule has 1 aromatic carbocycles. The molecule has 2 rings (SSSR count). The van der Waals surface area contributed by atoms with Crippen LogP contribution in [0.1, 0.15) is 31.2 Å². The third-order valence-corrected chi connectivity index (χ3v) is 7.81. The molecule has 0 aliphatic carbocycles. The summed E-state index contributed by atoms with van der Waals surface area (Å²) < 4.78 is 5.85. The lowest BCUT2D eigenvalue weighted by Crippen LogP contribution is -2.55. The summed E-state index contributed by atoms with van der Waals surface area (Å²) in [5, 5.41) is 49.8. The van der Waals surface area contributed by atoms with Gasteiger partial charge in [-0.15, -0.1) is 0 Å². The van der Waals surface area contributed by atoms with Crippen LogP contribution in [0.25, 0.3) is 0 Å². The summed E-state index contributed by atoms with van der Waals surface area (Å²) in [4.78, 5) is 77.2. The first kappa shape index (κ1) is 40.0. The molecule has 0 saturated carbocycles. The molecule has 2 unspecified atom stereocenters. The largest absolute Gasteiger partial charge is 0.481 e. The fraction of sp³-hybridized carbons (Fsp3) is 0.613. The molecule has 1 heterocycles. The van der Waals surface area contributed by atoms with Crippen molar-refractivity contribution in [2.75, 3.05) is 78.6 Å². The highest BCUT2D eigenvalue weighted by molar-refractivity contribution is 5.83. The normalized spacial score (nSPS) is 14.9. The summed E-state index contributed by atoms with van der Waals surface area (Å²) in [6.07, 6.45) is 2.65. The van der Waals surface area contributed by atoms with Crippen LogP contribution < -0.4 is 5.32 Å². The van der Waals surface area contributed by atoms with E-state index >= 15 is 0 Å². The predicted molar refractivity (Wildman–Crippen MR) is 169 cm³/mol. The van der Waals surface area contributed by atoms with Gasteiger partial charge < -0.3 is 35.6 Å². The first-order valence-corrected chi connectivity index (χ1v) is 15.7. The maximum atomic E-state index is 13.7. The van der Waals surface area contributed by atoms with E-state index in [1.165, 1.54) is 9.80 Å². The van der Waals surface area contributed by atoms with Gasteiger partial charge in [-0.05, 0) is 31.5 Å². The van der Waals surface area contributed by atoms with Crippen LogP contribution in [-0.4, -0.2) is 172 Å². The number of carboxylic acids is 5. The highest BCUT2D eigenvalue weighted by atomic mass is 16.5. The Morgan fingerprint density at radius 1 is 0.708 bits per heavy atom. The number of nitrogens with zero attached hydrogens (tertiary/aromatic N) is 4. The van der Waals surface area contributed by atoms with E-state index in [1.807, 2.05) is 35.2 Å². The minimum atomic E-state index is -1.26. The zero-order chi connectivity index (χ0) is 35.5. The van der Waals surface area contributed by atoms with Gasteiger partial charge in [0.1, 0.15) is 6.04 Å². The maximum absolute atomic E-state index is 13.7. The Balaban J connectivity index is 2.24. The molecule has 2 atom stereocenters. The van der Waals surface area contributed by atoms with E-state index in [9.17, 15) is 44.1 Å². The molecule has 1 saturated heterocycles. The Morgan fingerprint density at radius 3 is 1.81 bits per heavy atom. The van der Waals surface area contributed by atoms with Crippen molar-refractivity contribution in [1.82, 2.24) is 24.9 Å². The third kappa shape index (κ3) is 16.6. The van der Waals surface area contributed by atoms with Crippen LogP contribution in [0.3, 0.4) is 0 Å². The van der Waals surface area contributed by atoms with E-state index in [0.717, 1.165) is 29.7 Å². The number of carbonyl (C=O) groups is 6. The molecule has 268 valence electrons. The second kappa shape index (κ2) is 21.7.